The van der Waals surface area contributed by atoms with Gasteiger partial charge in [-0.1, -0.05) is 11.2 Å². The van der Waals surface area contributed by atoms with Crippen LogP contribution in [0.3, 0.4) is 0 Å². The predicted octanol–water partition coefficient (Wildman–Crippen LogP) is 1.45. The highest BCUT2D eigenvalue weighted by molar-refractivity contribution is 7.97. The van der Waals surface area contributed by atoms with E-state index in [0.29, 0.717) is 24.0 Å². The van der Waals surface area contributed by atoms with E-state index in [1.165, 1.54) is 0 Å². The minimum absolute atomic E-state index is 0.452. The van der Waals surface area contributed by atoms with Gasteiger partial charge in [0.2, 0.25) is 0 Å². The zero-order valence-corrected chi connectivity index (χ0v) is 9.70. The van der Waals surface area contributed by atoms with Crippen molar-refractivity contribution in [3.05, 3.63) is 29.7 Å². The van der Waals surface area contributed by atoms with Gasteiger partial charge in [-0.3, -0.25) is 4.98 Å². The summed E-state index contributed by atoms with van der Waals surface area (Å²) in [5, 5.41) is 3.85. The maximum absolute atomic E-state index is 5.49. The molecule has 0 bridgehead atoms. The summed E-state index contributed by atoms with van der Waals surface area (Å²) in [5.41, 5.74) is 7.15. The Kier molecular flexibility index (Phi) is 3.53. The second-order valence-electron chi connectivity index (χ2n) is 3.20. The molecule has 0 saturated carbocycles. The van der Waals surface area contributed by atoms with Crippen molar-refractivity contribution in [2.24, 2.45) is 5.73 Å². The second kappa shape index (κ2) is 5.09. The van der Waals surface area contributed by atoms with E-state index in [1.54, 1.807) is 18.0 Å². The molecule has 2 heterocycles. The highest BCUT2D eigenvalue weighted by Crippen LogP contribution is 2.16. The second-order valence-corrected chi connectivity index (χ2v) is 4.07. The Morgan fingerprint density at radius 2 is 2.31 bits per heavy atom. The van der Waals surface area contributed by atoms with Crippen LogP contribution in [0.15, 0.2) is 22.9 Å². The molecule has 0 saturated heterocycles. The normalized spacial score (nSPS) is 10.6. The molecule has 6 heteroatoms. The van der Waals surface area contributed by atoms with Crippen molar-refractivity contribution >= 4 is 11.8 Å². The first-order valence-corrected chi connectivity index (χ1v) is 6.19. The maximum atomic E-state index is 5.49. The third kappa shape index (κ3) is 2.40. The van der Waals surface area contributed by atoms with Gasteiger partial charge in [-0.2, -0.15) is 16.7 Å². The monoisotopic (exact) mass is 236 g/mol. The van der Waals surface area contributed by atoms with Gasteiger partial charge in [-0.15, -0.1) is 0 Å². The summed E-state index contributed by atoms with van der Waals surface area (Å²) in [6.45, 7) is 0.481. The van der Waals surface area contributed by atoms with Crippen molar-refractivity contribution in [1.29, 1.82) is 0 Å². The molecule has 0 atom stereocenters. The lowest BCUT2D eigenvalue weighted by molar-refractivity contribution is 0.424. The lowest BCUT2D eigenvalue weighted by Crippen LogP contribution is -1.96. The Labute approximate surface area is 97.5 Å². The largest absolute Gasteiger partial charge is 0.332 e. The smallest absolute Gasteiger partial charge is 0.276 e. The third-order valence-corrected chi connectivity index (χ3v) is 2.57. The van der Waals surface area contributed by atoms with Gasteiger partial charge in [0.15, 0.2) is 5.82 Å². The average Bonchev–Trinajstić information content (AvgIpc) is 2.78. The molecule has 0 aromatic carbocycles. The van der Waals surface area contributed by atoms with Crippen LogP contribution < -0.4 is 5.73 Å². The van der Waals surface area contributed by atoms with Crippen LogP contribution >= 0.6 is 11.8 Å². The molecule has 0 amide bonds. The highest BCUT2D eigenvalue weighted by atomic mass is 32.2. The number of nitrogens with two attached hydrogens (primary N) is 1. The van der Waals surface area contributed by atoms with E-state index in [0.717, 1.165) is 11.3 Å². The molecule has 0 unspecified atom stereocenters. The van der Waals surface area contributed by atoms with Crippen LogP contribution in [0.1, 0.15) is 11.4 Å². The van der Waals surface area contributed by atoms with E-state index in [2.05, 4.69) is 15.1 Å². The molecule has 2 aromatic heterocycles. The molecule has 0 radical (unpaired) electrons. The van der Waals surface area contributed by atoms with E-state index < -0.39 is 0 Å². The number of nitrogens with zero attached hydrogens (tertiary/aromatic N) is 3. The minimum Gasteiger partial charge on any atom is -0.332 e. The van der Waals surface area contributed by atoms with Crippen molar-refractivity contribution in [2.75, 3.05) is 6.26 Å². The van der Waals surface area contributed by atoms with Gasteiger partial charge in [0.1, 0.15) is 5.69 Å². The third-order valence-electron chi connectivity index (χ3n) is 2.02. The standard InChI is InChI=1S/C10H12N4OS/c1-16-6-9-13-10(15-14-9)8-3-2-7(4-11)5-12-8/h2-3,5H,4,6,11H2,1H3. The molecule has 5 nitrogen and oxygen atoms in total. The number of rotatable bonds is 4. The van der Waals surface area contributed by atoms with Crippen LogP contribution in [0.2, 0.25) is 0 Å². The van der Waals surface area contributed by atoms with Gasteiger partial charge in [0.25, 0.3) is 5.89 Å². The average molecular weight is 236 g/mol. The number of hydrogen-bond donors (Lipinski definition) is 1. The maximum Gasteiger partial charge on any atom is 0.276 e. The summed E-state index contributed by atoms with van der Waals surface area (Å²) in [7, 11) is 0. The number of pyridine rings is 1. The molecule has 0 aliphatic heterocycles. The zero-order chi connectivity index (χ0) is 11.4. The topological polar surface area (TPSA) is 77.8 Å². The molecular weight excluding hydrogens is 224 g/mol. The summed E-state index contributed by atoms with van der Waals surface area (Å²) in [5.74, 6) is 1.88. The Bertz CT molecular complexity index is 454. The van der Waals surface area contributed by atoms with Crippen molar-refractivity contribution in [2.45, 2.75) is 12.3 Å². The highest BCUT2D eigenvalue weighted by Gasteiger charge is 2.09. The first-order chi connectivity index (χ1) is 7.83. The van der Waals surface area contributed by atoms with Gasteiger partial charge >= 0.3 is 0 Å². The first-order valence-electron chi connectivity index (χ1n) is 4.80. The summed E-state index contributed by atoms with van der Waals surface area (Å²) in [4.78, 5) is 8.44. The molecule has 2 rings (SSSR count). The van der Waals surface area contributed by atoms with Gasteiger partial charge in [-0.05, 0) is 17.9 Å². The van der Waals surface area contributed by atoms with Gasteiger partial charge < -0.3 is 10.3 Å². The SMILES string of the molecule is CSCc1noc(-c2ccc(CN)cn2)n1. The zero-order valence-electron chi connectivity index (χ0n) is 8.88. The van der Waals surface area contributed by atoms with Crippen LogP contribution in [0.5, 0.6) is 0 Å². The molecule has 0 aliphatic carbocycles. The van der Waals surface area contributed by atoms with E-state index in [4.69, 9.17) is 10.3 Å². The van der Waals surface area contributed by atoms with Crippen molar-refractivity contribution in [1.82, 2.24) is 15.1 Å². The van der Waals surface area contributed by atoms with Crippen molar-refractivity contribution in [3.8, 4) is 11.6 Å². The van der Waals surface area contributed by atoms with Crippen molar-refractivity contribution in [3.63, 3.8) is 0 Å². The molecule has 0 spiro atoms. The molecule has 2 aromatic rings. The number of thioether (sulfide) groups is 1. The van der Waals surface area contributed by atoms with E-state index in [1.807, 2.05) is 18.4 Å². The Morgan fingerprint density at radius 1 is 1.44 bits per heavy atom. The fraction of sp³-hybridized carbons (Fsp3) is 0.300. The molecule has 16 heavy (non-hydrogen) atoms. The fourth-order valence-electron chi connectivity index (χ4n) is 1.22. The summed E-state index contributed by atoms with van der Waals surface area (Å²) >= 11 is 1.65. The summed E-state index contributed by atoms with van der Waals surface area (Å²) in [6, 6.07) is 3.74. The summed E-state index contributed by atoms with van der Waals surface area (Å²) in [6.07, 6.45) is 3.71. The molecule has 84 valence electrons. The van der Waals surface area contributed by atoms with Crippen LogP contribution in [-0.4, -0.2) is 21.4 Å². The lowest BCUT2D eigenvalue weighted by Gasteiger charge is -1.96. The van der Waals surface area contributed by atoms with E-state index in [-0.39, 0.29) is 0 Å². The van der Waals surface area contributed by atoms with Crippen LogP contribution in [0, 0.1) is 0 Å². The van der Waals surface area contributed by atoms with Crippen molar-refractivity contribution < 1.29 is 4.52 Å². The van der Waals surface area contributed by atoms with E-state index in [9.17, 15) is 0 Å². The van der Waals surface area contributed by atoms with Crippen LogP contribution in [0.25, 0.3) is 11.6 Å². The number of hydrogen-bond acceptors (Lipinski definition) is 6. The Morgan fingerprint density at radius 3 is 2.94 bits per heavy atom. The predicted molar refractivity (Wildman–Crippen MR) is 62.6 cm³/mol. The molecule has 0 fully saturated rings. The Hall–Kier alpha value is -1.40. The summed E-state index contributed by atoms with van der Waals surface area (Å²) < 4.78 is 5.11. The lowest BCUT2D eigenvalue weighted by atomic mass is 10.2. The van der Waals surface area contributed by atoms with Gasteiger partial charge in [0.05, 0.1) is 5.75 Å². The first kappa shape index (κ1) is 11.1. The van der Waals surface area contributed by atoms with Gasteiger partial charge in [-0.25, -0.2) is 0 Å². The fourth-order valence-corrected chi connectivity index (χ4v) is 1.59. The molecule has 0 aliphatic rings. The molecular formula is C10H12N4OS. The Balaban J connectivity index is 2.21. The van der Waals surface area contributed by atoms with Gasteiger partial charge in [0, 0.05) is 12.7 Å². The molecule has 2 N–H and O–H groups in total. The van der Waals surface area contributed by atoms with Crippen LogP contribution in [0.4, 0.5) is 0 Å². The van der Waals surface area contributed by atoms with E-state index >= 15 is 0 Å². The van der Waals surface area contributed by atoms with Crippen LogP contribution in [-0.2, 0) is 12.3 Å². The quantitative estimate of drug-likeness (QED) is 0.865. The minimum atomic E-state index is 0.452. The number of aromatic nitrogens is 3.